The Balaban J connectivity index is 2.08. The van der Waals surface area contributed by atoms with Crippen LogP contribution in [0.3, 0.4) is 0 Å². The van der Waals surface area contributed by atoms with E-state index in [0.717, 1.165) is 0 Å². The first-order valence-corrected chi connectivity index (χ1v) is 5.80. The van der Waals surface area contributed by atoms with Gasteiger partial charge in [0.1, 0.15) is 29.9 Å². The first-order valence-electron chi connectivity index (χ1n) is 5.42. The fraction of sp³-hybridized carbons (Fsp3) is 0.154. The van der Waals surface area contributed by atoms with Crippen LogP contribution in [0.15, 0.2) is 40.8 Å². The molecule has 4 nitrogen and oxygen atoms in total. The highest BCUT2D eigenvalue weighted by atomic mass is 35.5. The highest BCUT2D eigenvalue weighted by Crippen LogP contribution is 2.23. The molecule has 0 aliphatic carbocycles. The molecule has 0 saturated heterocycles. The molecule has 1 atom stereocenters. The van der Waals surface area contributed by atoms with Crippen molar-refractivity contribution in [1.29, 1.82) is 0 Å². The molecule has 2 rings (SSSR count). The van der Waals surface area contributed by atoms with Crippen molar-refractivity contribution in [2.75, 3.05) is 6.61 Å². The summed E-state index contributed by atoms with van der Waals surface area (Å²) in [5.74, 6) is -2.12. The summed E-state index contributed by atoms with van der Waals surface area (Å²) in [4.78, 5) is 11.1. The zero-order valence-corrected chi connectivity index (χ0v) is 10.4. The first-order chi connectivity index (χ1) is 9.06. The van der Waals surface area contributed by atoms with Gasteiger partial charge in [0, 0.05) is 6.07 Å². The molecule has 0 aliphatic heterocycles. The topological polar surface area (TPSA) is 59.7 Å². The highest BCUT2D eigenvalue weighted by Gasteiger charge is 2.24. The van der Waals surface area contributed by atoms with Crippen molar-refractivity contribution < 1.29 is 23.4 Å². The monoisotopic (exact) mass is 284 g/mol. The summed E-state index contributed by atoms with van der Waals surface area (Å²) in [6.45, 7) is -0.178. The number of furan rings is 1. The standard InChI is InChI=1S/C13H10ClFO4/c14-12-5-4-11(19-12)10(13(16)17)7-18-9-3-1-2-8(15)6-9/h1-6,10H,7H2,(H,16,17). The molecule has 0 fully saturated rings. The number of rotatable bonds is 5. The summed E-state index contributed by atoms with van der Waals surface area (Å²) >= 11 is 5.60. The number of ether oxygens (including phenoxy) is 1. The van der Waals surface area contributed by atoms with Crippen LogP contribution in [0.25, 0.3) is 0 Å². The number of halogens is 2. The third kappa shape index (κ3) is 3.48. The van der Waals surface area contributed by atoms with Crippen LogP contribution in [-0.4, -0.2) is 17.7 Å². The van der Waals surface area contributed by atoms with Gasteiger partial charge in [0.2, 0.25) is 0 Å². The van der Waals surface area contributed by atoms with Crippen molar-refractivity contribution in [1.82, 2.24) is 0 Å². The van der Waals surface area contributed by atoms with Crippen molar-refractivity contribution in [2.45, 2.75) is 5.92 Å². The molecule has 0 spiro atoms. The van der Waals surface area contributed by atoms with Gasteiger partial charge in [0.15, 0.2) is 5.22 Å². The second kappa shape index (κ2) is 5.75. The summed E-state index contributed by atoms with van der Waals surface area (Å²) in [5, 5.41) is 9.22. The molecular weight excluding hydrogens is 275 g/mol. The van der Waals surface area contributed by atoms with E-state index in [2.05, 4.69) is 0 Å². The largest absolute Gasteiger partial charge is 0.492 e. The molecular formula is C13H10ClFO4. The Morgan fingerprint density at radius 3 is 2.79 bits per heavy atom. The Morgan fingerprint density at radius 2 is 2.21 bits per heavy atom. The highest BCUT2D eigenvalue weighted by molar-refractivity contribution is 6.28. The maximum absolute atomic E-state index is 12.9. The van der Waals surface area contributed by atoms with E-state index in [0.29, 0.717) is 0 Å². The number of hydrogen-bond acceptors (Lipinski definition) is 3. The van der Waals surface area contributed by atoms with E-state index in [4.69, 9.17) is 25.9 Å². The van der Waals surface area contributed by atoms with Crippen LogP contribution in [0.2, 0.25) is 5.22 Å². The van der Waals surface area contributed by atoms with Crippen molar-refractivity contribution >= 4 is 17.6 Å². The number of carboxylic acid groups (broad SMARTS) is 1. The Kier molecular flexibility index (Phi) is 4.06. The zero-order chi connectivity index (χ0) is 13.8. The molecule has 0 radical (unpaired) electrons. The lowest BCUT2D eigenvalue weighted by Crippen LogP contribution is -2.19. The number of hydrogen-bond donors (Lipinski definition) is 1. The van der Waals surface area contributed by atoms with Gasteiger partial charge in [0.25, 0.3) is 0 Å². The molecule has 0 bridgehead atoms. The maximum atomic E-state index is 12.9. The van der Waals surface area contributed by atoms with Crippen LogP contribution >= 0.6 is 11.6 Å². The number of carbonyl (C=O) groups is 1. The minimum atomic E-state index is -1.11. The first kappa shape index (κ1) is 13.4. The van der Waals surface area contributed by atoms with E-state index < -0.39 is 17.7 Å². The van der Waals surface area contributed by atoms with Crippen LogP contribution < -0.4 is 4.74 Å². The van der Waals surface area contributed by atoms with Gasteiger partial charge in [0.05, 0.1) is 0 Å². The van der Waals surface area contributed by atoms with Crippen LogP contribution in [0.5, 0.6) is 5.75 Å². The summed E-state index contributed by atoms with van der Waals surface area (Å²) in [5.41, 5.74) is 0. The van der Waals surface area contributed by atoms with E-state index >= 15 is 0 Å². The predicted octanol–water partition coefficient (Wildman–Crippen LogP) is 3.32. The van der Waals surface area contributed by atoms with Crippen LogP contribution in [-0.2, 0) is 4.79 Å². The van der Waals surface area contributed by atoms with Gasteiger partial charge in [-0.1, -0.05) is 6.07 Å². The van der Waals surface area contributed by atoms with Crippen molar-refractivity contribution in [3.63, 3.8) is 0 Å². The Labute approximate surface area is 113 Å². The molecule has 2 aromatic rings. The van der Waals surface area contributed by atoms with E-state index in [9.17, 15) is 9.18 Å². The fourth-order valence-corrected chi connectivity index (χ4v) is 1.68. The number of carboxylic acids is 1. The molecule has 6 heteroatoms. The predicted molar refractivity (Wildman–Crippen MR) is 66.0 cm³/mol. The molecule has 0 amide bonds. The summed E-state index contributed by atoms with van der Waals surface area (Å²) in [6.07, 6.45) is 0. The normalized spacial score (nSPS) is 12.1. The third-order valence-electron chi connectivity index (χ3n) is 2.45. The van der Waals surface area contributed by atoms with E-state index in [1.165, 1.54) is 36.4 Å². The lowest BCUT2D eigenvalue weighted by atomic mass is 10.1. The number of aliphatic carboxylic acids is 1. The van der Waals surface area contributed by atoms with E-state index in [-0.39, 0.29) is 23.3 Å². The molecule has 0 aliphatic rings. The van der Waals surface area contributed by atoms with Gasteiger partial charge in [-0.15, -0.1) is 0 Å². The third-order valence-corrected chi connectivity index (χ3v) is 2.65. The second-order valence-corrected chi connectivity index (χ2v) is 4.17. The van der Waals surface area contributed by atoms with Crippen LogP contribution in [0, 0.1) is 5.82 Å². The summed E-state index contributed by atoms with van der Waals surface area (Å²) in [7, 11) is 0. The van der Waals surface area contributed by atoms with Crippen LogP contribution in [0.4, 0.5) is 4.39 Å². The summed E-state index contributed by atoms with van der Waals surface area (Å²) in [6, 6.07) is 8.38. The van der Waals surface area contributed by atoms with Gasteiger partial charge in [-0.25, -0.2) is 4.39 Å². The van der Waals surface area contributed by atoms with Crippen molar-refractivity contribution in [2.24, 2.45) is 0 Å². The fourth-order valence-electron chi connectivity index (χ4n) is 1.53. The van der Waals surface area contributed by atoms with Gasteiger partial charge >= 0.3 is 5.97 Å². The Bertz CT molecular complexity index is 582. The lowest BCUT2D eigenvalue weighted by Gasteiger charge is -2.11. The minimum absolute atomic E-state index is 0.104. The number of benzene rings is 1. The molecule has 100 valence electrons. The molecule has 19 heavy (non-hydrogen) atoms. The lowest BCUT2D eigenvalue weighted by molar-refractivity contribution is -0.140. The molecule has 1 heterocycles. The quantitative estimate of drug-likeness (QED) is 0.915. The van der Waals surface area contributed by atoms with Crippen molar-refractivity contribution in [3.8, 4) is 5.75 Å². The average Bonchev–Trinajstić information content (AvgIpc) is 2.76. The summed E-state index contributed by atoms with van der Waals surface area (Å²) < 4.78 is 23.2. The van der Waals surface area contributed by atoms with Gasteiger partial charge in [-0.05, 0) is 35.9 Å². The molecule has 1 aromatic carbocycles. The molecule has 0 saturated carbocycles. The molecule has 1 aromatic heterocycles. The Morgan fingerprint density at radius 1 is 1.42 bits per heavy atom. The Hall–Kier alpha value is -2.01. The van der Waals surface area contributed by atoms with Crippen LogP contribution in [0.1, 0.15) is 11.7 Å². The smallest absolute Gasteiger partial charge is 0.317 e. The van der Waals surface area contributed by atoms with Crippen molar-refractivity contribution in [3.05, 3.63) is 53.2 Å². The second-order valence-electron chi connectivity index (χ2n) is 3.80. The molecule has 1 N–H and O–H groups in total. The van der Waals surface area contributed by atoms with Gasteiger partial charge < -0.3 is 14.3 Å². The minimum Gasteiger partial charge on any atom is -0.492 e. The van der Waals surface area contributed by atoms with Gasteiger partial charge in [-0.2, -0.15) is 0 Å². The SMILES string of the molecule is O=C(O)C(COc1cccc(F)c1)c1ccc(Cl)o1. The van der Waals surface area contributed by atoms with E-state index in [1.54, 1.807) is 0 Å². The zero-order valence-electron chi connectivity index (χ0n) is 9.68. The molecule has 1 unspecified atom stereocenters. The van der Waals surface area contributed by atoms with Gasteiger partial charge in [-0.3, -0.25) is 4.79 Å². The maximum Gasteiger partial charge on any atom is 0.317 e. The average molecular weight is 285 g/mol. The van der Waals surface area contributed by atoms with E-state index in [1.807, 2.05) is 0 Å².